The molecule has 2 N–H and O–H groups in total. The maximum Gasteiger partial charge on any atom is 0.407 e. The number of alkyl carbamates (subject to hydrolysis) is 1. The Morgan fingerprint density at radius 1 is 1.26 bits per heavy atom. The number of ether oxygens (including phenoxy) is 1. The van der Waals surface area contributed by atoms with Gasteiger partial charge in [-0.3, -0.25) is 4.79 Å². The molecule has 0 aromatic heterocycles. The van der Waals surface area contributed by atoms with Gasteiger partial charge in [0.1, 0.15) is 6.61 Å². The molecule has 2 unspecified atom stereocenters. The van der Waals surface area contributed by atoms with Crippen molar-refractivity contribution in [1.29, 1.82) is 0 Å². The average Bonchev–Trinajstić information content (AvgIpc) is 2.74. The molecule has 1 aliphatic rings. The molecular formula is C18H25NO4. The third kappa shape index (κ3) is 4.98. The second-order valence-corrected chi connectivity index (χ2v) is 6.54. The second-order valence-electron chi connectivity index (χ2n) is 6.54. The Labute approximate surface area is 137 Å². The monoisotopic (exact) mass is 319 g/mol. The largest absolute Gasteiger partial charge is 0.481 e. The third-order valence-electron chi connectivity index (χ3n) is 4.71. The Morgan fingerprint density at radius 3 is 2.70 bits per heavy atom. The van der Waals surface area contributed by atoms with E-state index in [0.717, 1.165) is 24.8 Å². The van der Waals surface area contributed by atoms with Gasteiger partial charge in [-0.05, 0) is 30.7 Å². The number of benzene rings is 1. The molecule has 0 heterocycles. The second kappa shape index (κ2) is 7.99. The molecule has 1 aromatic carbocycles. The number of aliphatic carboxylic acids is 1. The number of amides is 1. The zero-order valence-electron chi connectivity index (χ0n) is 13.6. The van der Waals surface area contributed by atoms with Crippen LogP contribution in [-0.2, 0) is 16.1 Å². The molecule has 126 valence electrons. The summed E-state index contributed by atoms with van der Waals surface area (Å²) in [6, 6.07) is 9.40. The minimum absolute atomic E-state index is 0.128. The van der Waals surface area contributed by atoms with Crippen molar-refractivity contribution in [1.82, 2.24) is 5.32 Å². The highest BCUT2D eigenvalue weighted by atomic mass is 16.5. The summed E-state index contributed by atoms with van der Waals surface area (Å²) < 4.78 is 5.15. The molecule has 2 atom stereocenters. The van der Waals surface area contributed by atoms with Gasteiger partial charge in [0.05, 0.1) is 5.41 Å². The van der Waals surface area contributed by atoms with Crippen LogP contribution in [0.2, 0.25) is 0 Å². The molecule has 2 rings (SSSR count). The summed E-state index contributed by atoms with van der Waals surface area (Å²) >= 11 is 0. The molecule has 0 spiro atoms. The zero-order chi connectivity index (χ0) is 16.7. The normalized spacial score (nSPS) is 24.5. The van der Waals surface area contributed by atoms with Gasteiger partial charge in [-0.15, -0.1) is 0 Å². The summed E-state index contributed by atoms with van der Waals surface area (Å²) in [7, 11) is 0. The predicted octanol–water partition coefficient (Wildman–Crippen LogP) is 3.58. The summed E-state index contributed by atoms with van der Waals surface area (Å²) in [5.74, 6) is -0.281. The molecule has 0 saturated heterocycles. The first-order valence-corrected chi connectivity index (χ1v) is 8.20. The first-order chi connectivity index (χ1) is 11.0. The van der Waals surface area contributed by atoms with Gasteiger partial charge in [-0.1, -0.05) is 50.1 Å². The van der Waals surface area contributed by atoms with E-state index in [-0.39, 0.29) is 13.2 Å². The molecular weight excluding hydrogens is 294 g/mol. The van der Waals surface area contributed by atoms with Crippen molar-refractivity contribution < 1.29 is 19.4 Å². The van der Waals surface area contributed by atoms with Gasteiger partial charge in [-0.25, -0.2) is 4.79 Å². The van der Waals surface area contributed by atoms with E-state index < -0.39 is 17.5 Å². The Balaban J connectivity index is 1.86. The van der Waals surface area contributed by atoms with E-state index >= 15 is 0 Å². The Bertz CT molecular complexity index is 531. The number of hydrogen-bond donors (Lipinski definition) is 2. The van der Waals surface area contributed by atoms with Crippen LogP contribution in [0.1, 0.15) is 44.6 Å². The van der Waals surface area contributed by atoms with Crippen LogP contribution in [0.5, 0.6) is 0 Å². The number of carboxylic acid groups (broad SMARTS) is 1. The van der Waals surface area contributed by atoms with Crippen molar-refractivity contribution in [2.75, 3.05) is 6.54 Å². The number of rotatable bonds is 5. The summed E-state index contributed by atoms with van der Waals surface area (Å²) in [6.07, 6.45) is 3.45. The Kier molecular flexibility index (Phi) is 6.02. The molecule has 0 aliphatic heterocycles. The van der Waals surface area contributed by atoms with Crippen LogP contribution in [0.4, 0.5) is 4.79 Å². The lowest BCUT2D eigenvalue weighted by atomic mass is 9.80. The molecule has 23 heavy (non-hydrogen) atoms. The maximum atomic E-state index is 11.8. The molecule has 0 bridgehead atoms. The fraction of sp³-hybridized carbons (Fsp3) is 0.556. The fourth-order valence-electron chi connectivity index (χ4n) is 3.06. The van der Waals surface area contributed by atoms with Crippen molar-refractivity contribution in [3.8, 4) is 0 Å². The lowest BCUT2D eigenvalue weighted by Gasteiger charge is -2.28. The van der Waals surface area contributed by atoms with Crippen molar-refractivity contribution >= 4 is 12.1 Å². The van der Waals surface area contributed by atoms with Crippen LogP contribution in [0.25, 0.3) is 0 Å². The van der Waals surface area contributed by atoms with Crippen LogP contribution in [0.15, 0.2) is 30.3 Å². The fourth-order valence-corrected chi connectivity index (χ4v) is 3.06. The maximum absolute atomic E-state index is 11.8. The van der Waals surface area contributed by atoms with E-state index in [4.69, 9.17) is 4.74 Å². The van der Waals surface area contributed by atoms with E-state index in [2.05, 4.69) is 12.2 Å². The van der Waals surface area contributed by atoms with E-state index in [0.29, 0.717) is 18.8 Å². The molecule has 1 aliphatic carbocycles. The van der Waals surface area contributed by atoms with Crippen molar-refractivity contribution in [3.63, 3.8) is 0 Å². The van der Waals surface area contributed by atoms with Gasteiger partial charge in [0, 0.05) is 6.54 Å². The van der Waals surface area contributed by atoms with Crippen LogP contribution < -0.4 is 5.32 Å². The van der Waals surface area contributed by atoms with Gasteiger partial charge in [0.2, 0.25) is 0 Å². The van der Waals surface area contributed by atoms with Gasteiger partial charge in [0.25, 0.3) is 0 Å². The molecule has 0 radical (unpaired) electrons. The summed E-state index contributed by atoms with van der Waals surface area (Å²) in [4.78, 5) is 23.6. The molecule has 1 amide bonds. The lowest BCUT2D eigenvalue weighted by Crippen LogP contribution is -2.43. The number of hydrogen-bond acceptors (Lipinski definition) is 3. The summed E-state index contributed by atoms with van der Waals surface area (Å²) in [5.41, 5.74) is 0.0372. The minimum Gasteiger partial charge on any atom is -0.481 e. The molecule has 1 saturated carbocycles. The highest BCUT2D eigenvalue weighted by Crippen LogP contribution is 2.37. The van der Waals surface area contributed by atoms with Gasteiger partial charge in [0.15, 0.2) is 0 Å². The Morgan fingerprint density at radius 2 is 2.00 bits per heavy atom. The zero-order valence-corrected chi connectivity index (χ0v) is 13.6. The van der Waals surface area contributed by atoms with Crippen molar-refractivity contribution in [3.05, 3.63) is 35.9 Å². The van der Waals surface area contributed by atoms with Crippen LogP contribution >= 0.6 is 0 Å². The minimum atomic E-state index is -0.865. The predicted molar refractivity (Wildman–Crippen MR) is 86.9 cm³/mol. The van der Waals surface area contributed by atoms with E-state index in [9.17, 15) is 14.7 Å². The van der Waals surface area contributed by atoms with Crippen LogP contribution in [0, 0.1) is 11.3 Å². The molecule has 5 nitrogen and oxygen atoms in total. The molecule has 5 heteroatoms. The summed E-state index contributed by atoms with van der Waals surface area (Å²) in [5, 5.41) is 12.3. The van der Waals surface area contributed by atoms with Crippen molar-refractivity contribution in [2.24, 2.45) is 11.3 Å². The highest BCUT2D eigenvalue weighted by Gasteiger charge is 2.40. The first-order valence-electron chi connectivity index (χ1n) is 8.20. The van der Waals surface area contributed by atoms with Gasteiger partial charge in [-0.2, -0.15) is 0 Å². The quantitative estimate of drug-likeness (QED) is 0.813. The topological polar surface area (TPSA) is 75.6 Å². The van der Waals surface area contributed by atoms with Gasteiger partial charge < -0.3 is 15.2 Å². The summed E-state index contributed by atoms with van der Waals surface area (Å²) in [6.45, 7) is 2.46. The average molecular weight is 319 g/mol. The first kappa shape index (κ1) is 17.3. The third-order valence-corrected chi connectivity index (χ3v) is 4.71. The van der Waals surface area contributed by atoms with E-state index in [1.54, 1.807) is 0 Å². The highest BCUT2D eigenvalue weighted by molar-refractivity contribution is 5.76. The van der Waals surface area contributed by atoms with Crippen LogP contribution in [-0.4, -0.2) is 23.7 Å². The van der Waals surface area contributed by atoms with Crippen LogP contribution in [0.3, 0.4) is 0 Å². The molecule has 1 fully saturated rings. The number of nitrogens with one attached hydrogen (secondary N) is 1. The molecule has 1 aromatic rings. The number of carbonyl (C=O) groups is 2. The smallest absolute Gasteiger partial charge is 0.407 e. The SMILES string of the molecule is CC1CCCC(CNC(=O)OCc2ccccc2)(C(=O)O)CC1. The number of carbonyl (C=O) groups excluding carboxylic acids is 1. The van der Waals surface area contributed by atoms with E-state index in [1.165, 1.54) is 0 Å². The lowest BCUT2D eigenvalue weighted by molar-refractivity contribution is -0.149. The Hall–Kier alpha value is -2.04. The van der Waals surface area contributed by atoms with E-state index in [1.807, 2.05) is 30.3 Å². The van der Waals surface area contributed by atoms with Crippen molar-refractivity contribution in [2.45, 2.75) is 45.6 Å². The number of carboxylic acids is 1. The standard InChI is InChI=1S/C18H25NO4/c1-14-6-5-10-18(11-9-14,16(20)21)13-19-17(22)23-12-15-7-3-2-4-8-15/h2-4,7-8,14H,5-6,9-13H2,1H3,(H,19,22)(H,20,21). The van der Waals surface area contributed by atoms with Gasteiger partial charge >= 0.3 is 12.1 Å².